The van der Waals surface area contributed by atoms with Crippen molar-refractivity contribution in [3.63, 3.8) is 0 Å². The molecule has 0 saturated heterocycles. The lowest BCUT2D eigenvalue weighted by atomic mass is 10.3. The van der Waals surface area contributed by atoms with Crippen LogP contribution in [0.25, 0.3) is 0 Å². The van der Waals surface area contributed by atoms with Crippen LogP contribution in [0.15, 0.2) is 48.3 Å². The Bertz CT molecular complexity index is 390. The van der Waals surface area contributed by atoms with Crippen LogP contribution in [-0.4, -0.2) is 4.57 Å². The molecule has 0 spiro atoms. The topological polar surface area (TPSA) is 8.81 Å². The maximum Gasteiger partial charge on any atom is 0.244 e. The number of hydrogen-bond acceptors (Lipinski definition) is 0. The fourth-order valence-corrected chi connectivity index (χ4v) is 1.38. The van der Waals surface area contributed by atoms with Gasteiger partial charge in [-0.05, 0) is 19.1 Å². The van der Waals surface area contributed by atoms with Gasteiger partial charge in [0.05, 0.1) is 6.54 Å². The van der Waals surface area contributed by atoms with Crippen molar-refractivity contribution in [2.45, 2.75) is 20.0 Å². The van der Waals surface area contributed by atoms with E-state index in [1.165, 1.54) is 5.57 Å². The fraction of sp³-hybridized carbons (Fsp3) is 0.273. The second-order valence-corrected chi connectivity index (χ2v) is 3.11. The third kappa shape index (κ3) is 1.79. The van der Waals surface area contributed by atoms with Gasteiger partial charge in [-0.25, -0.2) is 9.13 Å². The largest absolute Gasteiger partial charge is 0.244 e. The Morgan fingerprint density at radius 2 is 2.46 bits per heavy atom. The molecule has 0 atom stereocenters. The molecule has 0 saturated carbocycles. The summed E-state index contributed by atoms with van der Waals surface area (Å²) in [7, 11) is 0. The summed E-state index contributed by atoms with van der Waals surface area (Å²) in [5.74, 6) is 0. The van der Waals surface area contributed by atoms with Crippen molar-refractivity contribution in [1.29, 1.82) is 0 Å². The van der Waals surface area contributed by atoms with E-state index in [-0.39, 0.29) is 0 Å². The SMILES string of the molecule is CCn1cc[n+](CC2=C=CC=C2)c1. The molecule has 0 unspecified atom stereocenters. The van der Waals surface area contributed by atoms with Crippen LogP contribution in [0.5, 0.6) is 0 Å². The van der Waals surface area contributed by atoms with Gasteiger partial charge in [-0.15, -0.1) is 5.73 Å². The van der Waals surface area contributed by atoms with E-state index in [1.807, 2.05) is 12.2 Å². The lowest BCUT2D eigenvalue weighted by Gasteiger charge is -1.92. The van der Waals surface area contributed by atoms with Crippen LogP contribution in [0.2, 0.25) is 0 Å². The van der Waals surface area contributed by atoms with E-state index in [1.54, 1.807) is 0 Å². The first-order chi connectivity index (χ1) is 6.38. The maximum absolute atomic E-state index is 3.18. The van der Waals surface area contributed by atoms with E-state index >= 15 is 0 Å². The molecule has 0 aliphatic heterocycles. The summed E-state index contributed by atoms with van der Waals surface area (Å²) < 4.78 is 4.32. The van der Waals surface area contributed by atoms with Gasteiger partial charge in [-0.3, -0.25) is 0 Å². The normalized spacial score (nSPS) is 13.8. The minimum Gasteiger partial charge on any atom is -0.237 e. The summed E-state index contributed by atoms with van der Waals surface area (Å²) in [6.07, 6.45) is 12.4. The molecular formula is C11H13N2+. The summed E-state index contributed by atoms with van der Waals surface area (Å²) >= 11 is 0. The molecule has 0 radical (unpaired) electrons. The van der Waals surface area contributed by atoms with E-state index < -0.39 is 0 Å². The number of aromatic nitrogens is 2. The van der Waals surface area contributed by atoms with Gasteiger partial charge >= 0.3 is 0 Å². The first kappa shape index (κ1) is 8.09. The average molecular weight is 173 g/mol. The molecule has 0 amide bonds. The summed E-state index contributed by atoms with van der Waals surface area (Å²) in [6, 6.07) is 0. The van der Waals surface area contributed by atoms with Crippen molar-refractivity contribution in [2.24, 2.45) is 0 Å². The quantitative estimate of drug-likeness (QED) is 0.483. The molecule has 13 heavy (non-hydrogen) atoms. The number of allylic oxidation sites excluding steroid dienone is 3. The van der Waals surface area contributed by atoms with Crippen LogP contribution in [0.3, 0.4) is 0 Å². The maximum atomic E-state index is 3.18. The van der Waals surface area contributed by atoms with Crippen LogP contribution in [0.1, 0.15) is 6.92 Å². The van der Waals surface area contributed by atoms with Gasteiger partial charge < -0.3 is 0 Å². The van der Waals surface area contributed by atoms with Crippen LogP contribution in [0.4, 0.5) is 0 Å². The van der Waals surface area contributed by atoms with Gasteiger partial charge in [0.1, 0.15) is 18.9 Å². The number of rotatable bonds is 3. The van der Waals surface area contributed by atoms with Crippen molar-refractivity contribution in [3.05, 3.63) is 48.3 Å². The highest BCUT2D eigenvalue weighted by Gasteiger charge is 2.03. The first-order valence-electron chi connectivity index (χ1n) is 4.55. The standard InChI is InChI=1S/C11H13N2/c1-2-12-7-8-13(10-12)9-11-5-3-4-6-11/h3-5,7-8,10H,2,9H2,1H3/q+1. The Hall–Kier alpha value is -1.53. The monoisotopic (exact) mass is 173 g/mol. The molecular weight excluding hydrogens is 160 g/mol. The van der Waals surface area contributed by atoms with Gasteiger partial charge in [0.2, 0.25) is 6.33 Å². The zero-order chi connectivity index (χ0) is 9.10. The molecule has 2 heteroatoms. The highest BCUT2D eigenvalue weighted by Crippen LogP contribution is 2.00. The molecule has 1 aliphatic carbocycles. The Morgan fingerprint density at radius 3 is 3.08 bits per heavy atom. The van der Waals surface area contributed by atoms with E-state index in [4.69, 9.17) is 0 Å². The van der Waals surface area contributed by atoms with Crippen LogP contribution in [-0.2, 0) is 13.1 Å². The van der Waals surface area contributed by atoms with E-state index in [0.717, 1.165) is 13.1 Å². The van der Waals surface area contributed by atoms with Crippen molar-refractivity contribution in [1.82, 2.24) is 4.57 Å². The third-order valence-electron chi connectivity index (χ3n) is 2.13. The summed E-state index contributed by atoms with van der Waals surface area (Å²) in [5.41, 5.74) is 4.42. The predicted octanol–water partition coefficient (Wildman–Crippen LogP) is 1.45. The van der Waals surface area contributed by atoms with Crippen molar-refractivity contribution in [2.75, 3.05) is 0 Å². The first-order valence-corrected chi connectivity index (χ1v) is 4.55. The number of hydrogen-bond donors (Lipinski definition) is 0. The summed E-state index contributed by atoms with van der Waals surface area (Å²) in [6.45, 7) is 4.08. The van der Waals surface area contributed by atoms with Crippen LogP contribution < -0.4 is 4.57 Å². The third-order valence-corrected chi connectivity index (χ3v) is 2.13. The van der Waals surface area contributed by atoms with Crippen LogP contribution in [0, 0.1) is 0 Å². The number of imidazole rings is 1. The lowest BCUT2D eigenvalue weighted by molar-refractivity contribution is -0.688. The molecule has 0 fully saturated rings. The van der Waals surface area contributed by atoms with Crippen molar-refractivity contribution < 1.29 is 4.57 Å². The Labute approximate surface area is 78.1 Å². The average Bonchev–Trinajstić information content (AvgIpc) is 2.76. The van der Waals surface area contributed by atoms with E-state index in [0.29, 0.717) is 0 Å². The molecule has 1 aliphatic rings. The van der Waals surface area contributed by atoms with Gasteiger partial charge in [0.25, 0.3) is 0 Å². The molecule has 66 valence electrons. The molecule has 0 aromatic carbocycles. The smallest absolute Gasteiger partial charge is 0.237 e. The van der Waals surface area contributed by atoms with Gasteiger partial charge in [-0.2, -0.15) is 0 Å². The Kier molecular flexibility index (Phi) is 2.15. The van der Waals surface area contributed by atoms with Gasteiger partial charge in [-0.1, -0.05) is 6.08 Å². The van der Waals surface area contributed by atoms with Crippen molar-refractivity contribution in [3.8, 4) is 0 Å². The fourth-order valence-electron chi connectivity index (χ4n) is 1.38. The minimum absolute atomic E-state index is 0.917. The molecule has 1 heterocycles. The highest BCUT2D eigenvalue weighted by atomic mass is 15.1. The second-order valence-electron chi connectivity index (χ2n) is 3.11. The van der Waals surface area contributed by atoms with Gasteiger partial charge in [0, 0.05) is 5.57 Å². The Balaban J connectivity index is 2.10. The molecule has 1 aromatic heterocycles. The van der Waals surface area contributed by atoms with Gasteiger partial charge in [0.15, 0.2) is 0 Å². The predicted molar refractivity (Wildman–Crippen MR) is 51.0 cm³/mol. The second kappa shape index (κ2) is 3.46. The van der Waals surface area contributed by atoms with E-state index in [2.05, 4.69) is 46.6 Å². The zero-order valence-corrected chi connectivity index (χ0v) is 7.77. The molecule has 0 bridgehead atoms. The lowest BCUT2D eigenvalue weighted by Crippen LogP contribution is -2.31. The molecule has 2 rings (SSSR count). The molecule has 0 N–H and O–H groups in total. The number of aryl methyl sites for hydroxylation is 1. The number of nitrogens with zero attached hydrogens (tertiary/aromatic N) is 2. The highest BCUT2D eigenvalue weighted by molar-refractivity contribution is 5.27. The minimum atomic E-state index is 0.917. The summed E-state index contributed by atoms with van der Waals surface area (Å²) in [4.78, 5) is 0. The van der Waals surface area contributed by atoms with E-state index in [9.17, 15) is 0 Å². The van der Waals surface area contributed by atoms with Crippen LogP contribution >= 0.6 is 0 Å². The van der Waals surface area contributed by atoms with Crippen molar-refractivity contribution >= 4 is 0 Å². The Morgan fingerprint density at radius 1 is 1.54 bits per heavy atom. The zero-order valence-electron chi connectivity index (χ0n) is 7.77. The molecule has 1 aromatic rings. The summed E-state index contributed by atoms with van der Waals surface area (Å²) in [5, 5.41) is 0. The molecule has 2 nitrogen and oxygen atoms in total.